The van der Waals surface area contributed by atoms with Crippen LogP contribution in [0, 0.1) is 12.8 Å². The maximum absolute atomic E-state index is 12.0. The Morgan fingerprint density at radius 2 is 2.20 bits per heavy atom. The largest absolute Gasteiger partial charge is 0.351 e. The highest BCUT2D eigenvalue weighted by Gasteiger charge is 2.24. The third kappa shape index (κ3) is 2.03. The van der Waals surface area contributed by atoms with Gasteiger partial charge in [0.05, 0.1) is 6.20 Å². The Morgan fingerprint density at radius 1 is 1.53 bits per heavy atom. The lowest BCUT2D eigenvalue weighted by molar-refractivity contribution is 0.0654. The van der Waals surface area contributed by atoms with Gasteiger partial charge in [-0.2, -0.15) is 0 Å². The van der Waals surface area contributed by atoms with E-state index in [1.54, 1.807) is 6.20 Å². The monoisotopic (exact) mass is 208 g/mol. The molecule has 0 bridgehead atoms. The minimum absolute atomic E-state index is 0.0168. The number of nitrogens with zero attached hydrogens (tertiary/aromatic N) is 2. The smallest absolute Gasteiger partial charge is 0.292 e. The molecule has 1 amide bonds. The summed E-state index contributed by atoms with van der Waals surface area (Å²) in [6, 6.07) is 0. The lowest BCUT2D eigenvalue weighted by atomic mass is 9.99. The summed E-state index contributed by atoms with van der Waals surface area (Å²) >= 11 is 0. The number of likely N-dealkylation sites (tertiary alicyclic amines) is 1. The molecule has 0 atom stereocenters. The van der Waals surface area contributed by atoms with Crippen LogP contribution < -0.4 is 0 Å². The van der Waals surface area contributed by atoms with Crippen molar-refractivity contribution in [1.82, 2.24) is 10.1 Å². The summed E-state index contributed by atoms with van der Waals surface area (Å²) in [5.74, 6) is 1.10. The second-order valence-electron chi connectivity index (χ2n) is 4.31. The van der Waals surface area contributed by atoms with Crippen LogP contribution in [0.3, 0.4) is 0 Å². The van der Waals surface area contributed by atoms with E-state index in [-0.39, 0.29) is 5.91 Å². The van der Waals surface area contributed by atoms with Crippen LogP contribution in [0.2, 0.25) is 0 Å². The molecule has 2 rings (SSSR count). The molecule has 82 valence electrons. The Labute approximate surface area is 89.2 Å². The number of piperidine rings is 1. The SMILES string of the molecule is Cc1cnoc1C(=O)N1CCC(C)CC1. The van der Waals surface area contributed by atoms with Crippen molar-refractivity contribution in [2.75, 3.05) is 13.1 Å². The van der Waals surface area contributed by atoms with Gasteiger partial charge < -0.3 is 9.42 Å². The number of amides is 1. The van der Waals surface area contributed by atoms with Crippen LogP contribution in [0.5, 0.6) is 0 Å². The fourth-order valence-corrected chi connectivity index (χ4v) is 1.85. The molecule has 0 N–H and O–H groups in total. The first-order valence-electron chi connectivity index (χ1n) is 5.39. The molecule has 1 aromatic rings. The summed E-state index contributed by atoms with van der Waals surface area (Å²) < 4.78 is 4.96. The predicted molar refractivity (Wildman–Crippen MR) is 55.5 cm³/mol. The molecule has 0 unspecified atom stereocenters. The average molecular weight is 208 g/mol. The van der Waals surface area contributed by atoms with Crippen LogP contribution in [0.25, 0.3) is 0 Å². The van der Waals surface area contributed by atoms with Crippen molar-refractivity contribution in [2.24, 2.45) is 5.92 Å². The first kappa shape index (κ1) is 10.2. The molecular formula is C11H16N2O2. The second kappa shape index (κ2) is 4.04. The zero-order chi connectivity index (χ0) is 10.8. The lowest BCUT2D eigenvalue weighted by Crippen LogP contribution is -2.38. The van der Waals surface area contributed by atoms with Crippen LogP contribution in [0.15, 0.2) is 10.7 Å². The van der Waals surface area contributed by atoms with E-state index in [2.05, 4.69) is 12.1 Å². The first-order valence-corrected chi connectivity index (χ1v) is 5.39. The number of aryl methyl sites for hydroxylation is 1. The molecule has 1 aromatic heterocycles. The van der Waals surface area contributed by atoms with Crippen molar-refractivity contribution in [2.45, 2.75) is 26.7 Å². The van der Waals surface area contributed by atoms with Gasteiger partial charge in [-0.15, -0.1) is 0 Å². The molecule has 1 aliphatic rings. The van der Waals surface area contributed by atoms with Gasteiger partial charge >= 0.3 is 0 Å². The van der Waals surface area contributed by atoms with Crippen molar-refractivity contribution >= 4 is 5.91 Å². The van der Waals surface area contributed by atoms with Gasteiger partial charge in [0.15, 0.2) is 0 Å². The third-order valence-corrected chi connectivity index (χ3v) is 3.01. The Bertz CT molecular complexity index is 351. The van der Waals surface area contributed by atoms with Gasteiger partial charge in [0.25, 0.3) is 5.91 Å². The number of aromatic nitrogens is 1. The molecule has 1 aliphatic heterocycles. The molecule has 0 aliphatic carbocycles. The molecule has 1 saturated heterocycles. The van der Waals surface area contributed by atoms with E-state index in [0.29, 0.717) is 5.76 Å². The van der Waals surface area contributed by atoms with E-state index in [1.165, 1.54) is 0 Å². The van der Waals surface area contributed by atoms with Crippen LogP contribution in [0.1, 0.15) is 35.9 Å². The number of hydrogen-bond acceptors (Lipinski definition) is 3. The molecule has 4 nitrogen and oxygen atoms in total. The quantitative estimate of drug-likeness (QED) is 0.707. The van der Waals surface area contributed by atoms with Crippen molar-refractivity contribution in [3.63, 3.8) is 0 Å². The van der Waals surface area contributed by atoms with Gasteiger partial charge in [-0.3, -0.25) is 4.79 Å². The fourth-order valence-electron chi connectivity index (χ4n) is 1.85. The maximum Gasteiger partial charge on any atom is 0.292 e. The standard InChI is InChI=1S/C11H16N2O2/c1-8-3-5-13(6-4-8)11(14)10-9(2)7-12-15-10/h7-8H,3-6H2,1-2H3. The topological polar surface area (TPSA) is 46.3 Å². The summed E-state index contributed by atoms with van der Waals surface area (Å²) in [4.78, 5) is 13.8. The van der Waals surface area contributed by atoms with Gasteiger partial charge in [-0.25, -0.2) is 0 Å². The molecule has 4 heteroatoms. The Morgan fingerprint density at radius 3 is 2.73 bits per heavy atom. The Balaban J connectivity index is 2.06. The Kier molecular flexibility index (Phi) is 2.75. The van der Waals surface area contributed by atoms with Gasteiger partial charge in [0.2, 0.25) is 5.76 Å². The average Bonchev–Trinajstić information content (AvgIpc) is 2.65. The van der Waals surface area contributed by atoms with Crippen LogP contribution in [-0.2, 0) is 0 Å². The molecule has 0 radical (unpaired) electrons. The predicted octanol–water partition coefficient (Wildman–Crippen LogP) is 1.86. The minimum atomic E-state index is -0.0168. The summed E-state index contributed by atoms with van der Waals surface area (Å²) in [6.07, 6.45) is 3.75. The molecule has 0 spiro atoms. The molecule has 0 saturated carbocycles. The van der Waals surface area contributed by atoms with Crippen LogP contribution >= 0.6 is 0 Å². The van der Waals surface area contributed by atoms with Gasteiger partial charge in [-0.1, -0.05) is 12.1 Å². The van der Waals surface area contributed by atoms with E-state index >= 15 is 0 Å². The molecular weight excluding hydrogens is 192 g/mol. The number of hydrogen-bond donors (Lipinski definition) is 0. The summed E-state index contributed by atoms with van der Waals surface area (Å²) in [5, 5.41) is 3.63. The summed E-state index contributed by atoms with van der Waals surface area (Å²) in [6.45, 7) is 5.73. The molecule has 0 aromatic carbocycles. The highest BCUT2D eigenvalue weighted by atomic mass is 16.5. The van der Waals surface area contributed by atoms with Crippen molar-refractivity contribution in [3.05, 3.63) is 17.5 Å². The van der Waals surface area contributed by atoms with E-state index in [1.807, 2.05) is 11.8 Å². The van der Waals surface area contributed by atoms with Gasteiger partial charge in [0.1, 0.15) is 0 Å². The van der Waals surface area contributed by atoms with Gasteiger partial charge in [-0.05, 0) is 25.7 Å². The van der Waals surface area contributed by atoms with E-state index in [4.69, 9.17) is 4.52 Å². The van der Waals surface area contributed by atoms with Crippen molar-refractivity contribution < 1.29 is 9.32 Å². The maximum atomic E-state index is 12.0. The van der Waals surface area contributed by atoms with Crippen molar-refractivity contribution in [1.29, 1.82) is 0 Å². The normalized spacial score (nSPS) is 18.1. The fraction of sp³-hybridized carbons (Fsp3) is 0.636. The molecule has 1 fully saturated rings. The number of carbonyl (C=O) groups is 1. The highest BCUT2D eigenvalue weighted by Crippen LogP contribution is 2.19. The number of carbonyl (C=O) groups excluding carboxylic acids is 1. The Hall–Kier alpha value is -1.32. The molecule has 2 heterocycles. The highest BCUT2D eigenvalue weighted by molar-refractivity contribution is 5.92. The van der Waals surface area contributed by atoms with Gasteiger partial charge in [0, 0.05) is 18.7 Å². The van der Waals surface area contributed by atoms with E-state index < -0.39 is 0 Å². The van der Waals surface area contributed by atoms with Crippen molar-refractivity contribution in [3.8, 4) is 0 Å². The van der Waals surface area contributed by atoms with Crippen LogP contribution in [0.4, 0.5) is 0 Å². The molecule has 15 heavy (non-hydrogen) atoms. The first-order chi connectivity index (χ1) is 7.18. The van der Waals surface area contributed by atoms with E-state index in [9.17, 15) is 4.79 Å². The van der Waals surface area contributed by atoms with Crippen LogP contribution in [-0.4, -0.2) is 29.1 Å². The summed E-state index contributed by atoms with van der Waals surface area (Å²) in [7, 11) is 0. The summed E-state index contributed by atoms with van der Waals surface area (Å²) in [5.41, 5.74) is 0.818. The minimum Gasteiger partial charge on any atom is -0.351 e. The lowest BCUT2D eigenvalue weighted by Gasteiger charge is -2.29. The third-order valence-electron chi connectivity index (χ3n) is 3.01. The second-order valence-corrected chi connectivity index (χ2v) is 4.31. The van der Waals surface area contributed by atoms with E-state index in [0.717, 1.165) is 37.4 Å². The zero-order valence-electron chi connectivity index (χ0n) is 9.19. The zero-order valence-corrected chi connectivity index (χ0v) is 9.19. The number of rotatable bonds is 1.